The summed E-state index contributed by atoms with van der Waals surface area (Å²) in [5.41, 5.74) is 6.20. The number of phenolic OH excluding ortho intramolecular Hbond substituents is 1. The number of carbonyl (C=O) groups is 3. The SMILES string of the molecule is CC(=O)N(CCN)C(=O)C(=O)NCCc1ccc(O)cc1. The summed E-state index contributed by atoms with van der Waals surface area (Å²) < 4.78 is 0. The van der Waals surface area contributed by atoms with Gasteiger partial charge in [-0.05, 0) is 24.1 Å². The number of carbonyl (C=O) groups excluding carboxylic acids is 3. The number of benzene rings is 1. The fourth-order valence-electron chi connectivity index (χ4n) is 1.71. The van der Waals surface area contributed by atoms with E-state index in [-0.39, 0.29) is 25.4 Å². The summed E-state index contributed by atoms with van der Waals surface area (Å²) in [4.78, 5) is 35.5. The third-order valence-corrected chi connectivity index (χ3v) is 2.81. The maximum Gasteiger partial charge on any atom is 0.318 e. The van der Waals surface area contributed by atoms with Crippen molar-refractivity contribution in [3.63, 3.8) is 0 Å². The molecule has 0 fully saturated rings. The summed E-state index contributed by atoms with van der Waals surface area (Å²) >= 11 is 0. The lowest BCUT2D eigenvalue weighted by Gasteiger charge is -2.17. The minimum Gasteiger partial charge on any atom is -0.508 e. The van der Waals surface area contributed by atoms with Crippen LogP contribution in [0.3, 0.4) is 0 Å². The molecule has 0 aromatic heterocycles. The number of hydrogen-bond acceptors (Lipinski definition) is 5. The van der Waals surface area contributed by atoms with Crippen LogP contribution in [0.4, 0.5) is 0 Å². The summed E-state index contributed by atoms with van der Waals surface area (Å²) in [7, 11) is 0. The number of aromatic hydroxyl groups is 1. The van der Waals surface area contributed by atoms with E-state index in [0.717, 1.165) is 10.5 Å². The molecule has 0 saturated heterocycles. The Kier molecular flexibility index (Phi) is 6.35. The second kappa shape index (κ2) is 8.01. The number of phenols is 1. The Bertz CT molecular complexity index is 513. The molecule has 0 aliphatic heterocycles. The summed E-state index contributed by atoms with van der Waals surface area (Å²) in [6, 6.07) is 6.53. The first kappa shape index (κ1) is 16.6. The monoisotopic (exact) mass is 293 g/mol. The molecule has 0 heterocycles. The molecule has 1 aromatic carbocycles. The number of hydrogen-bond donors (Lipinski definition) is 3. The molecular weight excluding hydrogens is 274 g/mol. The van der Waals surface area contributed by atoms with E-state index in [1.807, 2.05) is 0 Å². The van der Waals surface area contributed by atoms with Crippen molar-refractivity contribution < 1.29 is 19.5 Å². The number of nitrogens with one attached hydrogen (secondary N) is 1. The number of nitrogens with zero attached hydrogens (tertiary/aromatic N) is 1. The molecule has 1 rings (SSSR count). The normalized spacial score (nSPS) is 10.0. The lowest BCUT2D eigenvalue weighted by atomic mass is 10.1. The highest BCUT2D eigenvalue weighted by molar-refractivity contribution is 6.37. The first-order valence-electron chi connectivity index (χ1n) is 6.54. The van der Waals surface area contributed by atoms with Crippen LogP contribution in [-0.4, -0.2) is 47.4 Å². The van der Waals surface area contributed by atoms with Gasteiger partial charge in [-0.2, -0.15) is 0 Å². The Hall–Kier alpha value is -2.41. The van der Waals surface area contributed by atoms with Crippen molar-refractivity contribution in [1.29, 1.82) is 0 Å². The highest BCUT2D eigenvalue weighted by Crippen LogP contribution is 2.09. The van der Waals surface area contributed by atoms with E-state index in [0.29, 0.717) is 6.42 Å². The minimum atomic E-state index is -0.904. The molecule has 114 valence electrons. The van der Waals surface area contributed by atoms with Crippen LogP contribution in [-0.2, 0) is 20.8 Å². The van der Waals surface area contributed by atoms with Gasteiger partial charge >= 0.3 is 11.8 Å². The molecule has 7 heteroatoms. The van der Waals surface area contributed by atoms with Gasteiger partial charge in [-0.3, -0.25) is 19.3 Å². The van der Waals surface area contributed by atoms with E-state index in [9.17, 15) is 14.4 Å². The molecule has 0 aliphatic carbocycles. The fourth-order valence-corrected chi connectivity index (χ4v) is 1.71. The molecule has 21 heavy (non-hydrogen) atoms. The summed E-state index contributed by atoms with van der Waals surface area (Å²) in [6.45, 7) is 1.58. The van der Waals surface area contributed by atoms with Crippen molar-refractivity contribution in [2.24, 2.45) is 5.73 Å². The van der Waals surface area contributed by atoms with Crippen molar-refractivity contribution in [2.45, 2.75) is 13.3 Å². The van der Waals surface area contributed by atoms with Gasteiger partial charge < -0.3 is 16.2 Å². The van der Waals surface area contributed by atoms with Crippen molar-refractivity contribution >= 4 is 17.7 Å². The van der Waals surface area contributed by atoms with E-state index >= 15 is 0 Å². The zero-order chi connectivity index (χ0) is 15.8. The topological polar surface area (TPSA) is 113 Å². The third kappa shape index (κ3) is 5.23. The van der Waals surface area contributed by atoms with E-state index in [1.54, 1.807) is 24.3 Å². The third-order valence-electron chi connectivity index (χ3n) is 2.81. The molecule has 0 bridgehead atoms. The molecule has 0 unspecified atom stereocenters. The maximum absolute atomic E-state index is 11.8. The Labute approximate surface area is 122 Å². The van der Waals surface area contributed by atoms with E-state index in [2.05, 4.69) is 5.32 Å². The zero-order valence-corrected chi connectivity index (χ0v) is 11.8. The molecular formula is C14H19N3O4. The number of imide groups is 1. The Balaban J connectivity index is 2.47. The number of rotatable bonds is 5. The molecule has 0 saturated carbocycles. The van der Waals surface area contributed by atoms with E-state index in [4.69, 9.17) is 10.8 Å². The van der Waals surface area contributed by atoms with Crippen LogP contribution in [0, 0.1) is 0 Å². The lowest BCUT2D eigenvalue weighted by molar-refractivity contribution is -0.151. The first-order valence-corrected chi connectivity index (χ1v) is 6.54. The lowest BCUT2D eigenvalue weighted by Crippen LogP contribution is -2.47. The highest BCUT2D eigenvalue weighted by atomic mass is 16.3. The van der Waals surface area contributed by atoms with Crippen LogP contribution in [0.25, 0.3) is 0 Å². The van der Waals surface area contributed by atoms with Crippen molar-refractivity contribution in [3.8, 4) is 5.75 Å². The van der Waals surface area contributed by atoms with Crippen LogP contribution < -0.4 is 11.1 Å². The summed E-state index contributed by atoms with van der Waals surface area (Å²) in [5, 5.41) is 11.6. The van der Waals surface area contributed by atoms with Crippen LogP contribution in [0.5, 0.6) is 5.75 Å². The molecule has 1 aromatic rings. The molecule has 0 aliphatic rings. The van der Waals surface area contributed by atoms with Gasteiger partial charge in [0, 0.05) is 26.6 Å². The van der Waals surface area contributed by atoms with Gasteiger partial charge in [-0.1, -0.05) is 12.1 Å². The maximum atomic E-state index is 11.8. The van der Waals surface area contributed by atoms with Gasteiger partial charge in [0.05, 0.1) is 0 Å². The Morgan fingerprint density at radius 2 is 1.86 bits per heavy atom. The molecule has 3 amide bonds. The zero-order valence-electron chi connectivity index (χ0n) is 11.8. The average molecular weight is 293 g/mol. The van der Waals surface area contributed by atoms with Gasteiger partial charge in [-0.15, -0.1) is 0 Å². The van der Waals surface area contributed by atoms with Gasteiger partial charge in [-0.25, -0.2) is 0 Å². The van der Waals surface area contributed by atoms with Crippen LogP contribution >= 0.6 is 0 Å². The molecule has 4 N–H and O–H groups in total. The molecule has 0 radical (unpaired) electrons. The molecule has 0 spiro atoms. The Morgan fingerprint density at radius 3 is 2.38 bits per heavy atom. The van der Waals surface area contributed by atoms with Crippen LogP contribution in [0.1, 0.15) is 12.5 Å². The molecule has 7 nitrogen and oxygen atoms in total. The van der Waals surface area contributed by atoms with Crippen molar-refractivity contribution in [2.75, 3.05) is 19.6 Å². The second-order valence-electron chi connectivity index (χ2n) is 4.44. The quantitative estimate of drug-likeness (QED) is 0.627. The van der Waals surface area contributed by atoms with Crippen molar-refractivity contribution in [3.05, 3.63) is 29.8 Å². The number of amides is 3. The smallest absolute Gasteiger partial charge is 0.318 e. The minimum absolute atomic E-state index is 0.0134. The van der Waals surface area contributed by atoms with E-state index in [1.165, 1.54) is 6.92 Å². The average Bonchev–Trinajstić information content (AvgIpc) is 2.45. The van der Waals surface area contributed by atoms with E-state index < -0.39 is 17.7 Å². The summed E-state index contributed by atoms with van der Waals surface area (Å²) in [5.74, 6) is -2.09. The van der Waals surface area contributed by atoms with Gasteiger partial charge in [0.1, 0.15) is 5.75 Å². The van der Waals surface area contributed by atoms with Gasteiger partial charge in [0.2, 0.25) is 5.91 Å². The number of nitrogens with two attached hydrogens (primary N) is 1. The Morgan fingerprint density at radius 1 is 1.24 bits per heavy atom. The predicted molar refractivity (Wildman–Crippen MR) is 76.3 cm³/mol. The molecule has 0 atom stereocenters. The summed E-state index contributed by atoms with van der Waals surface area (Å²) in [6.07, 6.45) is 0.510. The van der Waals surface area contributed by atoms with Gasteiger partial charge in [0.25, 0.3) is 0 Å². The van der Waals surface area contributed by atoms with Gasteiger partial charge in [0.15, 0.2) is 0 Å². The largest absolute Gasteiger partial charge is 0.508 e. The van der Waals surface area contributed by atoms with Crippen LogP contribution in [0.15, 0.2) is 24.3 Å². The standard InChI is InChI=1S/C14H19N3O4/c1-10(18)17(9-7-15)14(21)13(20)16-8-6-11-2-4-12(19)5-3-11/h2-5,19H,6-9,15H2,1H3,(H,16,20). The first-order chi connectivity index (χ1) is 9.95. The second-order valence-corrected chi connectivity index (χ2v) is 4.44. The fraction of sp³-hybridized carbons (Fsp3) is 0.357. The van der Waals surface area contributed by atoms with Crippen molar-refractivity contribution in [1.82, 2.24) is 10.2 Å². The highest BCUT2D eigenvalue weighted by Gasteiger charge is 2.23. The predicted octanol–water partition coefficient (Wildman–Crippen LogP) is -0.615. The van der Waals surface area contributed by atoms with Crippen LogP contribution in [0.2, 0.25) is 0 Å².